The number of anilines is 2. The molecule has 0 fully saturated rings. The standard InChI is InChI=1S/C13H10ClFN4O4/c1-2-23-12(20)8-6-16-13(14)18-11(8)17-10-5-7(19(21)22)3-4-9(10)15/h3-6H,2H2,1H3,(H,16,17,18). The zero-order chi connectivity index (χ0) is 17.0. The third-order valence-corrected chi connectivity index (χ3v) is 2.85. The number of hydrogen-bond donors (Lipinski definition) is 1. The van der Waals surface area contributed by atoms with Crippen molar-refractivity contribution in [3.8, 4) is 0 Å². The van der Waals surface area contributed by atoms with Crippen LogP contribution in [-0.4, -0.2) is 27.5 Å². The lowest BCUT2D eigenvalue weighted by Crippen LogP contribution is -2.11. The highest BCUT2D eigenvalue weighted by Crippen LogP contribution is 2.26. The topological polar surface area (TPSA) is 107 Å². The Morgan fingerprint density at radius 3 is 2.91 bits per heavy atom. The van der Waals surface area contributed by atoms with Crippen molar-refractivity contribution in [3.63, 3.8) is 0 Å². The van der Waals surface area contributed by atoms with Crippen LogP contribution < -0.4 is 5.32 Å². The van der Waals surface area contributed by atoms with E-state index in [4.69, 9.17) is 16.3 Å². The van der Waals surface area contributed by atoms with Gasteiger partial charge in [0.2, 0.25) is 5.28 Å². The fraction of sp³-hybridized carbons (Fsp3) is 0.154. The van der Waals surface area contributed by atoms with Gasteiger partial charge < -0.3 is 10.1 Å². The lowest BCUT2D eigenvalue weighted by Gasteiger charge is -2.10. The summed E-state index contributed by atoms with van der Waals surface area (Å²) in [6.45, 7) is 1.73. The molecule has 0 unspecified atom stereocenters. The first-order chi connectivity index (χ1) is 10.9. The molecule has 0 saturated carbocycles. The van der Waals surface area contributed by atoms with Crippen LogP contribution in [0.4, 0.5) is 21.6 Å². The van der Waals surface area contributed by atoms with E-state index in [-0.39, 0.29) is 34.6 Å². The second kappa shape index (κ2) is 6.97. The molecule has 0 bridgehead atoms. The van der Waals surface area contributed by atoms with E-state index in [0.717, 1.165) is 24.4 Å². The molecule has 0 atom stereocenters. The molecule has 23 heavy (non-hydrogen) atoms. The van der Waals surface area contributed by atoms with E-state index in [0.29, 0.717) is 0 Å². The number of nitrogens with one attached hydrogen (secondary N) is 1. The minimum absolute atomic E-state index is 0.0813. The smallest absolute Gasteiger partial charge is 0.343 e. The Morgan fingerprint density at radius 2 is 2.26 bits per heavy atom. The maximum atomic E-state index is 13.8. The third kappa shape index (κ3) is 3.89. The lowest BCUT2D eigenvalue weighted by atomic mass is 10.2. The van der Waals surface area contributed by atoms with Gasteiger partial charge in [0, 0.05) is 18.3 Å². The molecule has 0 amide bonds. The average molecular weight is 341 g/mol. The summed E-state index contributed by atoms with van der Waals surface area (Å²) < 4.78 is 18.7. The number of carbonyl (C=O) groups is 1. The number of hydrogen-bond acceptors (Lipinski definition) is 7. The van der Waals surface area contributed by atoms with Gasteiger partial charge >= 0.3 is 5.97 Å². The first-order valence-corrected chi connectivity index (χ1v) is 6.70. The second-order valence-electron chi connectivity index (χ2n) is 4.17. The number of carbonyl (C=O) groups excluding carboxylic acids is 1. The summed E-state index contributed by atoms with van der Waals surface area (Å²) in [7, 11) is 0. The van der Waals surface area contributed by atoms with Crippen molar-refractivity contribution < 1.29 is 18.8 Å². The van der Waals surface area contributed by atoms with Crippen molar-refractivity contribution in [1.29, 1.82) is 0 Å². The Balaban J connectivity index is 2.43. The highest BCUT2D eigenvalue weighted by molar-refractivity contribution is 6.28. The number of nitrogens with zero attached hydrogens (tertiary/aromatic N) is 3. The van der Waals surface area contributed by atoms with Crippen LogP contribution in [0.15, 0.2) is 24.4 Å². The van der Waals surface area contributed by atoms with Crippen molar-refractivity contribution in [2.45, 2.75) is 6.92 Å². The Labute approximate surface area is 134 Å². The number of non-ortho nitro benzene ring substituents is 1. The summed E-state index contributed by atoms with van der Waals surface area (Å²) >= 11 is 5.67. The van der Waals surface area contributed by atoms with Gasteiger partial charge in [0.15, 0.2) is 0 Å². The maximum absolute atomic E-state index is 13.8. The zero-order valence-electron chi connectivity index (χ0n) is 11.7. The van der Waals surface area contributed by atoms with E-state index in [1.54, 1.807) is 6.92 Å². The molecule has 1 aromatic carbocycles. The minimum Gasteiger partial charge on any atom is -0.462 e. The van der Waals surface area contributed by atoms with Crippen molar-refractivity contribution in [1.82, 2.24) is 9.97 Å². The lowest BCUT2D eigenvalue weighted by molar-refractivity contribution is -0.384. The number of nitro groups is 1. The summed E-state index contributed by atoms with van der Waals surface area (Å²) in [5.74, 6) is -1.62. The van der Waals surface area contributed by atoms with E-state index in [2.05, 4.69) is 15.3 Å². The number of nitro benzene ring substituents is 1. The molecule has 10 heteroatoms. The summed E-state index contributed by atoms with van der Waals surface area (Å²) in [4.78, 5) is 29.4. The van der Waals surface area contributed by atoms with Crippen LogP contribution in [0.5, 0.6) is 0 Å². The molecule has 2 rings (SSSR count). The minimum atomic E-state index is -0.764. The van der Waals surface area contributed by atoms with Crippen molar-refractivity contribution in [2.24, 2.45) is 0 Å². The monoisotopic (exact) mass is 340 g/mol. The molecule has 0 aliphatic heterocycles. The van der Waals surface area contributed by atoms with Crippen molar-refractivity contribution >= 4 is 34.8 Å². The van der Waals surface area contributed by atoms with Crippen molar-refractivity contribution in [3.05, 3.63) is 51.2 Å². The van der Waals surface area contributed by atoms with Gasteiger partial charge in [0.25, 0.3) is 5.69 Å². The Hall–Kier alpha value is -2.81. The van der Waals surface area contributed by atoms with Crippen LogP contribution in [-0.2, 0) is 4.74 Å². The number of ether oxygens (including phenoxy) is 1. The average Bonchev–Trinajstić information content (AvgIpc) is 2.49. The van der Waals surface area contributed by atoms with Crippen LogP contribution in [0, 0.1) is 15.9 Å². The second-order valence-corrected chi connectivity index (χ2v) is 4.51. The molecule has 0 aliphatic carbocycles. The molecular formula is C13H10ClFN4O4. The summed E-state index contributed by atoms with van der Waals surface area (Å²) in [5, 5.41) is 13.1. The molecule has 0 spiro atoms. The number of benzene rings is 1. The fourth-order valence-corrected chi connectivity index (χ4v) is 1.80. The van der Waals surface area contributed by atoms with Crippen LogP contribution in [0.1, 0.15) is 17.3 Å². The molecule has 2 aromatic rings. The predicted octanol–water partition coefficient (Wildman–Crippen LogP) is 3.10. The molecule has 1 aromatic heterocycles. The molecular weight excluding hydrogens is 331 g/mol. The van der Waals surface area contributed by atoms with Gasteiger partial charge in [-0.15, -0.1) is 0 Å². The zero-order valence-corrected chi connectivity index (χ0v) is 12.5. The van der Waals surface area contributed by atoms with Gasteiger partial charge in [-0.2, -0.15) is 4.98 Å². The van der Waals surface area contributed by atoms with E-state index < -0.39 is 16.7 Å². The van der Waals surface area contributed by atoms with Crippen molar-refractivity contribution in [2.75, 3.05) is 11.9 Å². The summed E-state index contributed by atoms with van der Waals surface area (Å²) in [5.41, 5.74) is -0.645. The maximum Gasteiger partial charge on any atom is 0.343 e. The first kappa shape index (κ1) is 16.6. The van der Waals surface area contributed by atoms with E-state index in [1.807, 2.05) is 0 Å². The molecule has 8 nitrogen and oxygen atoms in total. The molecule has 1 heterocycles. The number of aromatic nitrogens is 2. The van der Waals surface area contributed by atoms with Gasteiger partial charge in [-0.3, -0.25) is 10.1 Å². The Morgan fingerprint density at radius 1 is 1.52 bits per heavy atom. The third-order valence-electron chi connectivity index (χ3n) is 2.67. The van der Waals surface area contributed by atoms with Gasteiger partial charge in [-0.1, -0.05) is 0 Å². The number of esters is 1. The van der Waals surface area contributed by atoms with Crippen LogP contribution in [0.3, 0.4) is 0 Å². The number of rotatable bonds is 5. The number of halogens is 2. The van der Waals surface area contributed by atoms with E-state index in [1.165, 1.54) is 0 Å². The molecule has 0 saturated heterocycles. The quantitative estimate of drug-likeness (QED) is 0.385. The Kier molecular flexibility index (Phi) is 5.02. The van der Waals surface area contributed by atoms with Crippen LogP contribution in [0.25, 0.3) is 0 Å². The summed E-state index contributed by atoms with van der Waals surface area (Å²) in [6.07, 6.45) is 1.12. The van der Waals surface area contributed by atoms with Gasteiger partial charge in [-0.05, 0) is 24.6 Å². The van der Waals surface area contributed by atoms with Crippen LogP contribution in [0.2, 0.25) is 5.28 Å². The van der Waals surface area contributed by atoms with Gasteiger partial charge in [0.1, 0.15) is 17.2 Å². The highest BCUT2D eigenvalue weighted by atomic mass is 35.5. The highest BCUT2D eigenvalue weighted by Gasteiger charge is 2.18. The van der Waals surface area contributed by atoms with E-state index >= 15 is 0 Å². The summed E-state index contributed by atoms with van der Waals surface area (Å²) in [6, 6.07) is 2.91. The SMILES string of the molecule is CCOC(=O)c1cnc(Cl)nc1Nc1cc([N+](=O)[O-])ccc1F. The van der Waals surface area contributed by atoms with Gasteiger partial charge in [-0.25, -0.2) is 14.2 Å². The van der Waals surface area contributed by atoms with Gasteiger partial charge in [0.05, 0.1) is 17.2 Å². The Bertz CT molecular complexity index is 772. The largest absolute Gasteiger partial charge is 0.462 e. The molecule has 120 valence electrons. The molecule has 0 radical (unpaired) electrons. The molecule has 1 N–H and O–H groups in total. The van der Waals surface area contributed by atoms with Crippen LogP contribution >= 0.6 is 11.6 Å². The molecule has 0 aliphatic rings. The predicted molar refractivity (Wildman–Crippen MR) is 79.3 cm³/mol. The fourth-order valence-electron chi connectivity index (χ4n) is 1.66. The first-order valence-electron chi connectivity index (χ1n) is 6.33. The van der Waals surface area contributed by atoms with E-state index in [9.17, 15) is 19.3 Å². The normalized spacial score (nSPS) is 10.2.